The van der Waals surface area contributed by atoms with Crippen LogP contribution in [0.25, 0.3) is 26.1 Å². The fourth-order valence-corrected chi connectivity index (χ4v) is 5.46. The van der Waals surface area contributed by atoms with E-state index >= 15 is 0 Å². The number of para-hydroxylation sites is 1. The Kier molecular flexibility index (Phi) is 7.09. The fourth-order valence-electron chi connectivity index (χ4n) is 3.41. The smallest absolute Gasteiger partial charge is 0.345 e. The maximum atomic E-state index is 15.0. The number of hydrogen-bond acceptors (Lipinski definition) is 8. The molecule has 3 aromatic heterocycles. The predicted octanol–water partition coefficient (Wildman–Crippen LogP) is 4.92. The molecule has 0 saturated carbocycles. The van der Waals surface area contributed by atoms with Crippen LogP contribution in [0.2, 0.25) is 0 Å². The van der Waals surface area contributed by atoms with Crippen LogP contribution in [0.3, 0.4) is 0 Å². The summed E-state index contributed by atoms with van der Waals surface area (Å²) in [7, 11) is 0. The third kappa shape index (κ3) is 4.46. The van der Waals surface area contributed by atoms with Crippen LogP contribution in [0.4, 0.5) is 4.39 Å². The summed E-state index contributed by atoms with van der Waals surface area (Å²) >= 11 is 2.48. The van der Waals surface area contributed by atoms with Crippen LogP contribution in [0.15, 0.2) is 69.7 Å². The van der Waals surface area contributed by atoms with E-state index in [0.29, 0.717) is 22.7 Å². The van der Waals surface area contributed by atoms with E-state index in [2.05, 4.69) is 16.6 Å². The molecule has 4 aromatic rings. The summed E-state index contributed by atoms with van der Waals surface area (Å²) in [6.07, 6.45) is 5.04. The number of nitrogens with two attached hydrogens (primary N) is 1. The molecule has 10 heteroatoms. The number of carbonyl (C=O) groups is 1. The van der Waals surface area contributed by atoms with E-state index in [1.54, 1.807) is 11.3 Å². The zero-order chi connectivity index (χ0) is 24.2. The first kappa shape index (κ1) is 23.7. The van der Waals surface area contributed by atoms with Crippen LogP contribution >= 0.6 is 23.1 Å². The van der Waals surface area contributed by atoms with Gasteiger partial charge in [0.1, 0.15) is 15.4 Å². The lowest BCUT2D eigenvalue weighted by Crippen LogP contribution is -2.20. The Hall–Kier alpha value is -3.50. The maximum Gasteiger partial charge on any atom is 0.345 e. The SMILES string of the molecule is C=C/C=N\C=C(/N)CCSc1nc2c(cc1F)c(=O)c(C(=O)OCC)c1sc3ccccc3n12. The van der Waals surface area contributed by atoms with Crippen LogP contribution in [0, 0.1) is 5.82 Å². The lowest BCUT2D eigenvalue weighted by Gasteiger charge is -2.10. The minimum absolute atomic E-state index is 0.0177. The van der Waals surface area contributed by atoms with Crippen molar-refractivity contribution in [1.29, 1.82) is 0 Å². The first-order valence-corrected chi connectivity index (χ1v) is 12.2. The van der Waals surface area contributed by atoms with Gasteiger partial charge in [0, 0.05) is 23.9 Å². The summed E-state index contributed by atoms with van der Waals surface area (Å²) < 4.78 is 22.7. The molecule has 0 bridgehead atoms. The Balaban J connectivity index is 1.85. The number of rotatable bonds is 8. The Morgan fingerprint density at radius 2 is 2.21 bits per heavy atom. The Morgan fingerprint density at radius 1 is 1.41 bits per heavy atom. The summed E-state index contributed by atoms with van der Waals surface area (Å²) in [5.41, 5.74) is 6.79. The second kappa shape index (κ2) is 10.2. The van der Waals surface area contributed by atoms with Gasteiger partial charge in [-0.15, -0.1) is 23.1 Å². The molecule has 0 spiro atoms. The van der Waals surface area contributed by atoms with E-state index in [1.165, 1.54) is 41.6 Å². The topological polar surface area (TPSA) is 99.0 Å². The first-order chi connectivity index (χ1) is 16.5. The molecule has 34 heavy (non-hydrogen) atoms. The van der Waals surface area contributed by atoms with Gasteiger partial charge < -0.3 is 10.5 Å². The molecular formula is C24H21FN4O3S2. The molecule has 0 atom stereocenters. The molecule has 2 N–H and O–H groups in total. The normalized spacial score (nSPS) is 12.2. The van der Waals surface area contributed by atoms with Crippen LogP contribution in [0.5, 0.6) is 0 Å². The van der Waals surface area contributed by atoms with Gasteiger partial charge in [-0.2, -0.15) is 0 Å². The summed E-state index contributed by atoms with van der Waals surface area (Å²) in [4.78, 5) is 34.8. The molecule has 0 radical (unpaired) electrons. The minimum atomic E-state index is -0.737. The molecule has 0 unspecified atom stereocenters. The number of carbonyl (C=O) groups excluding carboxylic acids is 1. The Morgan fingerprint density at radius 3 is 2.97 bits per heavy atom. The number of pyridine rings is 2. The highest BCUT2D eigenvalue weighted by atomic mass is 32.2. The highest BCUT2D eigenvalue weighted by Crippen LogP contribution is 2.32. The molecule has 1 aromatic carbocycles. The maximum absolute atomic E-state index is 15.0. The van der Waals surface area contributed by atoms with Gasteiger partial charge in [0.05, 0.1) is 22.2 Å². The zero-order valence-corrected chi connectivity index (χ0v) is 19.9. The van der Waals surface area contributed by atoms with Crippen molar-refractivity contribution in [2.45, 2.75) is 18.4 Å². The van der Waals surface area contributed by atoms with Crippen molar-refractivity contribution >= 4 is 61.4 Å². The number of halogens is 1. The van der Waals surface area contributed by atoms with Gasteiger partial charge in [-0.05, 0) is 31.5 Å². The van der Waals surface area contributed by atoms with Gasteiger partial charge in [0.25, 0.3) is 0 Å². The number of hydrogen-bond donors (Lipinski definition) is 1. The summed E-state index contributed by atoms with van der Waals surface area (Å²) in [5.74, 6) is -0.917. The van der Waals surface area contributed by atoms with Gasteiger partial charge in [-0.25, -0.2) is 14.2 Å². The van der Waals surface area contributed by atoms with Crippen molar-refractivity contribution in [3.8, 4) is 0 Å². The number of aliphatic imine (C=N–C) groups is 1. The minimum Gasteiger partial charge on any atom is -0.462 e. The third-order valence-corrected chi connectivity index (χ3v) is 6.99. The number of thiazole rings is 1. The van der Waals surface area contributed by atoms with Crippen LogP contribution in [-0.4, -0.2) is 33.9 Å². The number of ether oxygens (including phenoxy) is 1. The van der Waals surface area contributed by atoms with Crippen molar-refractivity contribution in [3.05, 3.63) is 76.5 Å². The molecule has 174 valence electrons. The van der Waals surface area contributed by atoms with Crippen molar-refractivity contribution < 1.29 is 13.9 Å². The van der Waals surface area contributed by atoms with Crippen LogP contribution in [0.1, 0.15) is 23.7 Å². The lowest BCUT2D eigenvalue weighted by molar-refractivity contribution is 0.0527. The van der Waals surface area contributed by atoms with Gasteiger partial charge >= 0.3 is 5.97 Å². The van der Waals surface area contributed by atoms with Crippen molar-refractivity contribution in [2.24, 2.45) is 10.7 Å². The van der Waals surface area contributed by atoms with Crippen LogP contribution in [-0.2, 0) is 4.74 Å². The van der Waals surface area contributed by atoms with Crippen molar-refractivity contribution in [3.63, 3.8) is 0 Å². The number of thioether (sulfide) groups is 1. The monoisotopic (exact) mass is 496 g/mol. The average molecular weight is 497 g/mol. The molecule has 0 fully saturated rings. The van der Waals surface area contributed by atoms with Gasteiger partial charge in [-0.3, -0.25) is 14.2 Å². The van der Waals surface area contributed by atoms with Crippen LogP contribution < -0.4 is 11.2 Å². The van der Waals surface area contributed by atoms with E-state index in [1.807, 2.05) is 24.3 Å². The van der Waals surface area contributed by atoms with E-state index in [0.717, 1.165) is 16.3 Å². The third-order valence-electron chi connectivity index (χ3n) is 4.88. The Bertz CT molecular complexity index is 1540. The van der Waals surface area contributed by atoms with Gasteiger partial charge in [0.15, 0.2) is 11.5 Å². The van der Waals surface area contributed by atoms with Gasteiger partial charge in [0.2, 0.25) is 5.43 Å². The standard InChI is InChI=1S/C24H21FN4O3S2/c1-3-10-27-13-14(26)9-11-33-22-16(25)12-15-20(30)19(24(31)32-4-2)23-29(21(15)28-22)17-7-5-6-8-18(17)34-23/h3,5-8,10,12-13H,1,4,9,11,26H2,2H3/b14-13-,27-10-. The Labute approximate surface area is 202 Å². The molecule has 3 heterocycles. The molecule has 7 nitrogen and oxygen atoms in total. The van der Waals surface area contributed by atoms with Crippen molar-refractivity contribution in [2.75, 3.05) is 12.4 Å². The first-order valence-electron chi connectivity index (χ1n) is 10.4. The molecule has 4 rings (SSSR count). The second-order valence-electron chi connectivity index (χ2n) is 7.12. The summed E-state index contributed by atoms with van der Waals surface area (Å²) in [5, 5.41) is 0.159. The van der Waals surface area contributed by atoms with E-state index in [9.17, 15) is 14.0 Å². The fraction of sp³-hybridized carbons (Fsp3) is 0.167. The number of esters is 1. The largest absolute Gasteiger partial charge is 0.462 e. The number of allylic oxidation sites excluding steroid dienone is 2. The number of nitrogens with zero attached hydrogens (tertiary/aromatic N) is 3. The summed E-state index contributed by atoms with van der Waals surface area (Å²) in [6.45, 7) is 5.32. The number of benzene rings is 1. The van der Waals surface area contributed by atoms with E-state index < -0.39 is 17.2 Å². The molecule has 0 aliphatic heterocycles. The highest BCUT2D eigenvalue weighted by molar-refractivity contribution is 7.99. The molecule has 0 aliphatic carbocycles. The molecular weight excluding hydrogens is 475 g/mol. The number of aromatic nitrogens is 2. The predicted molar refractivity (Wildman–Crippen MR) is 137 cm³/mol. The second-order valence-corrected chi connectivity index (χ2v) is 9.23. The van der Waals surface area contributed by atoms with Crippen molar-refractivity contribution in [1.82, 2.24) is 9.38 Å². The van der Waals surface area contributed by atoms with Gasteiger partial charge in [-0.1, -0.05) is 24.8 Å². The summed E-state index contributed by atoms with van der Waals surface area (Å²) in [6, 6.07) is 8.62. The lowest BCUT2D eigenvalue weighted by atomic mass is 10.2. The molecule has 0 aliphatic rings. The highest BCUT2D eigenvalue weighted by Gasteiger charge is 2.24. The van der Waals surface area contributed by atoms with E-state index in [4.69, 9.17) is 10.5 Å². The average Bonchev–Trinajstić information content (AvgIpc) is 3.19. The van der Waals surface area contributed by atoms with E-state index in [-0.39, 0.29) is 28.2 Å². The molecule has 0 amide bonds. The quantitative estimate of drug-likeness (QED) is 0.211. The number of fused-ring (bicyclic) bond motifs is 5. The molecule has 0 saturated heterocycles. The zero-order valence-electron chi connectivity index (χ0n) is 18.3.